The summed E-state index contributed by atoms with van der Waals surface area (Å²) < 4.78 is 0. The fourth-order valence-electron chi connectivity index (χ4n) is 3.78. The number of nitrogens with zero attached hydrogens (tertiary/aromatic N) is 1. The fourth-order valence-corrected chi connectivity index (χ4v) is 3.78. The summed E-state index contributed by atoms with van der Waals surface area (Å²) in [5.74, 6) is 0.110. The minimum atomic E-state index is 0.0475. The monoisotopic (exact) mass is 414 g/mol. The van der Waals surface area contributed by atoms with Crippen molar-refractivity contribution in [3.63, 3.8) is 0 Å². The molecule has 31 heavy (non-hydrogen) atoms. The second kappa shape index (κ2) is 8.32. The molecule has 5 N–H and O–H groups in total. The van der Waals surface area contributed by atoms with Gasteiger partial charge in [0.05, 0.1) is 5.71 Å². The average molecular weight is 415 g/mol. The van der Waals surface area contributed by atoms with Crippen LogP contribution in [0.4, 0.5) is 5.69 Å². The molecule has 0 saturated heterocycles. The highest BCUT2D eigenvalue weighted by atomic mass is 16.3. The molecule has 1 fully saturated rings. The van der Waals surface area contributed by atoms with Crippen LogP contribution in [0.15, 0.2) is 71.8 Å². The standard InChI is InChI=1S/C25H26N4O2/c30-21-11-12-22(24(31)13-21)17-3-5-18(6-4-17)23-14-25(29-28-23)27-20-7-1-16(2-8-20)15-26-19-9-10-19/h1-8,11-13,19,25-27,29-31H,9-10,14-15H2. The number of anilines is 1. The van der Waals surface area contributed by atoms with Crippen LogP contribution in [-0.4, -0.2) is 28.1 Å². The van der Waals surface area contributed by atoms with Crippen molar-refractivity contribution in [1.29, 1.82) is 0 Å². The molecule has 1 aliphatic heterocycles. The van der Waals surface area contributed by atoms with Gasteiger partial charge in [0.15, 0.2) is 0 Å². The van der Waals surface area contributed by atoms with Crippen molar-refractivity contribution >= 4 is 11.4 Å². The Kier molecular flexibility index (Phi) is 5.22. The third-order valence-corrected chi connectivity index (χ3v) is 5.73. The molecule has 0 spiro atoms. The van der Waals surface area contributed by atoms with Gasteiger partial charge < -0.3 is 20.8 Å². The minimum absolute atomic E-state index is 0.0475. The molecule has 6 heteroatoms. The fraction of sp³-hybridized carbons (Fsp3) is 0.240. The van der Waals surface area contributed by atoms with E-state index in [-0.39, 0.29) is 17.7 Å². The second-order valence-corrected chi connectivity index (χ2v) is 8.22. The molecule has 0 bridgehead atoms. The zero-order valence-electron chi connectivity index (χ0n) is 17.2. The lowest BCUT2D eigenvalue weighted by molar-refractivity contribution is 0.452. The van der Waals surface area contributed by atoms with Crippen LogP contribution in [0.1, 0.15) is 30.4 Å². The molecule has 0 radical (unpaired) electrons. The van der Waals surface area contributed by atoms with Gasteiger partial charge in [0.2, 0.25) is 0 Å². The zero-order chi connectivity index (χ0) is 21.2. The molecule has 158 valence electrons. The normalized spacial score (nSPS) is 17.8. The van der Waals surface area contributed by atoms with Crippen LogP contribution in [0.2, 0.25) is 0 Å². The van der Waals surface area contributed by atoms with Gasteiger partial charge >= 0.3 is 0 Å². The quantitative estimate of drug-likeness (QED) is 0.401. The Morgan fingerprint density at radius 2 is 1.65 bits per heavy atom. The van der Waals surface area contributed by atoms with Gasteiger partial charge in [-0.15, -0.1) is 0 Å². The molecule has 6 nitrogen and oxygen atoms in total. The summed E-state index contributed by atoms with van der Waals surface area (Å²) >= 11 is 0. The van der Waals surface area contributed by atoms with Crippen LogP contribution in [-0.2, 0) is 6.54 Å². The third kappa shape index (κ3) is 4.64. The molecule has 1 heterocycles. The van der Waals surface area contributed by atoms with E-state index < -0.39 is 0 Å². The van der Waals surface area contributed by atoms with Gasteiger partial charge in [0, 0.05) is 36.3 Å². The summed E-state index contributed by atoms with van der Waals surface area (Å²) in [5.41, 5.74) is 9.15. The first-order valence-corrected chi connectivity index (χ1v) is 10.7. The minimum Gasteiger partial charge on any atom is -0.508 e. The molecule has 0 aromatic heterocycles. The van der Waals surface area contributed by atoms with Crippen LogP contribution in [0.5, 0.6) is 11.5 Å². The van der Waals surface area contributed by atoms with Crippen LogP contribution in [0.25, 0.3) is 11.1 Å². The van der Waals surface area contributed by atoms with Crippen LogP contribution in [0, 0.1) is 0 Å². The van der Waals surface area contributed by atoms with E-state index in [2.05, 4.69) is 45.4 Å². The van der Waals surface area contributed by atoms with E-state index in [1.54, 1.807) is 12.1 Å². The molecule has 1 aliphatic carbocycles. The van der Waals surface area contributed by atoms with E-state index >= 15 is 0 Å². The maximum absolute atomic E-state index is 10.1. The molecule has 1 atom stereocenters. The Bertz CT molecular complexity index is 1090. The molecular formula is C25H26N4O2. The highest BCUT2D eigenvalue weighted by molar-refractivity contribution is 6.02. The van der Waals surface area contributed by atoms with Crippen LogP contribution in [0.3, 0.4) is 0 Å². The van der Waals surface area contributed by atoms with Gasteiger partial charge in [-0.2, -0.15) is 5.10 Å². The van der Waals surface area contributed by atoms with E-state index in [1.807, 2.05) is 24.3 Å². The van der Waals surface area contributed by atoms with Gasteiger partial charge in [-0.25, -0.2) is 0 Å². The Morgan fingerprint density at radius 3 is 2.35 bits per heavy atom. The van der Waals surface area contributed by atoms with Crippen LogP contribution < -0.4 is 16.1 Å². The summed E-state index contributed by atoms with van der Waals surface area (Å²) in [6.45, 7) is 0.928. The van der Waals surface area contributed by atoms with Crippen LogP contribution >= 0.6 is 0 Å². The first-order chi connectivity index (χ1) is 15.1. The molecular weight excluding hydrogens is 388 g/mol. The topological polar surface area (TPSA) is 88.9 Å². The highest BCUT2D eigenvalue weighted by Crippen LogP contribution is 2.32. The van der Waals surface area contributed by atoms with E-state index in [0.29, 0.717) is 5.56 Å². The predicted molar refractivity (Wildman–Crippen MR) is 123 cm³/mol. The van der Waals surface area contributed by atoms with Crippen molar-refractivity contribution in [3.05, 3.63) is 77.9 Å². The summed E-state index contributed by atoms with van der Waals surface area (Å²) in [6, 6.07) is 21.8. The van der Waals surface area contributed by atoms with Gasteiger partial charge in [-0.1, -0.05) is 36.4 Å². The number of phenolic OH excluding ortho intramolecular Hbond substituents is 2. The second-order valence-electron chi connectivity index (χ2n) is 8.22. The number of rotatable bonds is 7. The lowest BCUT2D eigenvalue weighted by Gasteiger charge is -2.14. The van der Waals surface area contributed by atoms with Crippen molar-refractivity contribution < 1.29 is 10.2 Å². The van der Waals surface area contributed by atoms with E-state index in [1.165, 1.54) is 24.5 Å². The lowest BCUT2D eigenvalue weighted by atomic mass is 10.00. The Labute approximate surface area is 181 Å². The summed E-state index contributed by atoms with van der Waals surface area (Å²) in [7, 11) is 0. The van der Waals surface area contributed by atoms with Crippen molar-refractivity contribution in [2.24, 2.45) is 5.10 Å². The van der Waals surface area contributed by atoms with Gasteiger partial charge in [-0.05, 0) is 53.8 Å². The zero-order valence-corrected chi connectivity index (χ0v) is 17.2. The number of hydrogen-bond donors (Lipinski definition) is 5. The van der Waals surface area contributed by atoms with Crippen molar-refractivity contribution in [3.8, 4) is 22.6 Å². The molecule has 0 amide bonds. The molecule has 1 saturated carbocycles. The molecule has 5 rings (SSSR count). The Morgan fingerprint density at radius 1 is 0.903 bits per heavy atom. The smallest absolute Gasteiger partial charge is 0.127 e. The maximum atomic E-state index is 10.1. The average Bonchev–Trinajstić information content (AvgIpc) is 3.50. The summed E-state index contributed by atoms with van der Waals surface area (Å²) in [5, 5.41) is 31.1. The van der Waals surface area contributed by atoms with Crippen molar-refractivity contribution in [1.82, 2.24) is 10.7 Å². The molecule has 3 aromatic carbocycles. The first kappa shape index (κ1) is 19.5. The highest BCUT2D eigenvalue weighted by Gasteiger charge is 2.21. The van der Waals surface area contributed by atoms with E-state index in [9.17, 15) is 10.2 Å². The molecule has 2 aliphatic rings. The van der Waals surface area contributed by atoms with Crippen molar-refractivity contribution in [2.45, 2.75) is 38.0 Å². The molecule has 1 unspecified atom stereocenters. The summed E-state index contributed by atoms with van der Waals surface area (Å²) in [4.78, 5) is 0. The Hall–Kier alpha value is -3.51. The number of phenols is 2. The van der Waals surface area contributed by atoms with E-state index in [0.717, 1.165) is 41.5 Å². The Balaban J connectivity index is 1.18. The van der Waals surface area contributed by atoms with Gasteiger partial charge in [0.1, 0.15) is 17.7 Å². The number of nitrogens with one attached hydrogen (secondary N) is 3. The molecule has 3 aromatic rings. The van der Waals surface area contributed by atoms with E-state index in [4.69, 9.17) is 0 Å². The first-order valence-electron chi connectivity index (χ1n) is 10.7. The maximum Gasteiger partial charge on any atom is 0.127 e. The predicted octanol–water partition coefficient (Wildman–Crippen LogP) is 4.15. The van der Waals surface area contributed by atoms with Gasteiger partial charge in [-0.3, -0.25) is 5.43 Å². The SMILES string of the molecule is Oc1ccc(-c2ccc(C3=NNC(Nc4ccc(CNC5CC5)cc4)C3)cc2)c(O)c1. The van der Waals surface area contributed by atoms with Gasteiger partial charge in [0.25, 0.3) is 0 Å². The number of benzene rings is 3. The number of hydrogen-bond acceptors (Lipinski definition) is 6. The van der Waals surface area contributed by atoms with Crippen molar-refractivity contribution in [2.75, 3.05) is 5.32 Å². The lowest BCUT2D eigenvalue weighted by Crippen LogP contribution is -2.28. The number of hydrazone groups is 1. The number of aromatic hydroxyl groups is 2. The third-order valence-electron chi connectivity index (χ3n) is 5.73. The largest absolute Gasteiger partial charge is 0.508 e. The summed E-state index contributed by atoms with van der Waals surface area (Å²) in [6.07, 6.45) is 3.43.